The second-order valence-corrected chi connectivity index (χ2v) is 5.72. The lowest BCUT2D eigenvalue weighted by molar-refractivity contribution is 0.296. The molecule has 6 heteroatoms. The fourth-order valence-corrected chi connectivity index (χ4v) is 3.29. The Kier molecular flexibility index (Phi) is 2.47. The molecular weight excluding hydrogens is 216 g/mol. The molecule has 0 saturated heterocycles. The van der Waals surface area contributed by atoms with Crippen LogP contribution in [0, 0.1) is 6.92 Å². The number of aliphatic hydroxyl groups excluding tert-OH is 1. The number of sulfone groups is 1. The molecule has 15 heavy (non-hydrogen) atoms. The number of rotatable bonds is 2. The quantitative estimate of drug-likeness (QED) is 0.755. The van der Waals surface area contributed by atoms with E-state index in [4.69, 9.17) is 5.11 Å². The van der Waals surface area contributed by atoms with Crippen molar-refractivity contribution < 1.29 is 13.5 Å². The molecule has 1 aliphatic heterocycles. The summed E-state index contributed by atoms with van der Waals surface area (Å²) in [6, 6.07) is 0. The Morgan fingerprint density at radius 2 is 2.07 bits per heavy atom. The first kappa shape index (κ1) is 10.5. The van der Waals surface area contributed by atoms with E-state index in [0.29, 0.717) is 23.6 Å². The lowest BCUT2D eigenvalue weighted by Crippen LogP contribution is -2.04. The van der Waals surface area contributed by atoms with Gasteiger partial charge in [-0.15, -0.1) is 0 Å². The van der Waals surface area contributed by atoms with Gasteiger partial charge in [0.1, 0.15) is 5.82 Å². The van der Waals surface area contributed by atoms with E-state index in [-0.39, 0.29) is 18.1 Å². The molecule has 0 bridgehead atoms. The topological polar surface area (TPSA) is 80.2 Å². The van der Waals surface area contributed by atoms with Gasteiger partial charge in [-0.2, -0.15) is 0 Å². The zero-order chi connectivity index (χ0) is 11.1. The summed E-state index contributed by atoms with van der Waals surface area (Å²) in [5.41, 5.74) is 2.05. The van der Waals surface area contributed by atoms with Gasteiger partial charge in [0.25, 0.3) is 0 Å². The second kappa shape index (κ2) is 3.53. The Morgan fingerprint density at radius 1 is 1.33 bits per heavy atom. The average molecular weight is 228 g/mol. The number of fused-ring (bicyclic) bond motifs is 1. The average Bonchev–Trinajstić information content (AvgIpc) is 2.41. The van der Waals surface area contributed by atoms with Gasteiger partial charge in [-0.05, 0) is 6.92 Å². The summed E-state index contributed by atoms with van der Waals surface area (Å²) in [6.07, 6.45) is 0.369. The van der Waals surface area contributed by atoms with Crippen LogP contribution in [-0.4, -0.2) is 30.1 Å². The van der Waals surface area contributed by atoms with Crippen LogP contribution in [0.2, 0.25) is 0 Å². The SMILES string of the molecule is Cc1nc(CCO)nc2c1CS(=O)(=O)C2. The molecule has 0 amide bonds. The maximum Gasteiger partial charge on any atom is 0.160 e. The Morgan fingerprint density at radius 3 is 2.73 bits per heavy atom. The van der Waals surface area contributed by atoms with E-state index >= 15 is 0 Å². The minimum atomic E-state index is -3.02. The molecule has 2 rings (SSSR count). The molecule has 82 valence electrons. The Bertz CT molecular complexity index is 496. The van der Waals surface area contributed by atoms with Gasteiger partial charge in [0.15, 0.2) is 9.84 Å². The first-order chi connectivity index (χ1) is 7.02. The molecule has 0 unspecified atom stereocenters. The summed E-state index contributed by atoms with van der Waals surface area (Å²) < 4.78 is 22.8. The van der Waals surface area contributed by atoms with E-state index in [1.54, 1.807) is 6.92 Å². The van der Waals surface area contributed by atoms with Crippen LogP contribution in [0.15, 0.2) is 0 Å². The summed E-state index contributed by atoms with van der Waals surface area (Å²) in [6.45, 7) is 1.76. The van der Waals surface area contributed by atoms with Crippen LogP contribution in [0.5, 0.6) is 0 Å². The summed E-state index contributed by atoms with van der Waals surface area (Å²) in [7, 11) is -3.02. The fraction of sp³-hybridized carbons (Fsp3) is 0.556. The van der Waals surface area contributed by atoms with E-state index in [2.05, 4.69) is 9.97 Å². The zero-order valence-electron chi connectivity index (χ0n) is 8.39. The maximum absolute atomic E-state index is 11.4. The van der Waals surface area contributed by atoms with Crippen molar-refractivity contribution in [2.75, 3.05) is 6.61 Å². The van der Waals surface area contributed by atoms with E-state index in [9.17, 15) is 8.42 Å². The molecule has 5 nitrogen and oxygen atoms in total. The molecule has 2 heterocycles. The van der Waals surface area contributed by atoms with Crippen molar-refractivity contribution >= 4 is 9.84 Å². The van der Waals surface area contributed by atoms with Crippen LogP contribution >= 0.6 is 0 Å². The first-order valence-corrected chi connectivity index (χ1v) is 6.50. The van der Waals surface area contributed by atoms with Gasteiger partial charge in [0.05, 0.1) is 23.8 Å². The van der Waals surface area contributed by atoms with Gasteiger partial charge < -0.3 is 5.11 Å². The van der Waals surface area contributed by atoms with Crippen molar-refractivity contribution in [2.24, 2.45) is 0 Å². The molecule has 0 aromatic carbocycles. The fourth-order valence-electron chi connectivity index (χ4n) is 1.72. The predicted molar refractivity (Wildman–Crippen MR) is 53.9 cm³/mol. The largest absolute Gasteiger partial charge is 0.396 e. The van der Waals surface area contributed by atoms with Gasteiger partial charge in [0.2, 0.25) is 0 Å². The maximum atomic E-state index is 11.4. The number of hydrogen-bond acceptors (Lipinski definition) is 5. The lowest BCUT2D eigenvalue weighted by Gasteiger charge is -2.03. The van der Waals surface area contributed by atoms with Crippen LogP contribution in [0.25, 0.3) is 0 Å². The Balaban J connectivity index is 2.46. The third-order valence-corrected chi connectivity index (χ3v) is 3.84. The standard InChI is InChI=1S/C9H12N2O3S/c1-6-7-4-15(13,14)5-8(7)11-9(10-6)2-3-12/h12H,2-5H2,1H3. The van der Waals surface area contributed by atoms with Gasteiger partial charge in [-0.1, -0.05) is 0 Å². The summed E-state index contributed by atoms with van der Waals surface area (Å²) in [4.78, 5) is 8.31. The highest BCUT2D eigenvalue weighted by atomic mass is 32.2. The van der Waals surface area contributed by atoms with Crippen LogP contribution < -0.4 is 0 Å². The summed E-state index contributed by atoms with van der Waals surface area (Å²) in [5.74, 6) is 0.573. The number of hydrogen-bond donors (Lipinski definition) is 1. The molecule has 0 aliphatic carbocycles. The Hall–Kier alpha value is -1.01. The van der Waals surface area contributed by atoms with Crippen molar-refractivity contribution in [3.8, 4) is 0 Å². The van der Waals surface area contributed by atoms with E-state index in [1.165, 1.54) is 0 Å². The monoisotopic (exact) mass is 228 g/mol. The summed E-state index contributed by atoms with van der Waals surface area (Å²) in [5, 5.41) is 8.76. The van der Waals surface area contributed by atoms with Gasteiger partial charge in [-0.3, -0.25) is 0 Å². The number of aryl methyl sites for hydroxylation is 1. The summed E-state index contributed by atoms with van der Waals surface area (Å²) >= 11 is 0. The van der Waals surface area contributed by atoms with Crippen LogP contribution in [-0.2, 0) is 27.8 Å². The van der Waals surface area contributed by atoms with Crippen molar-refractivity contribution in [1.29, 1.82) is 0 Å². The minimum absolute atomic E-state index is 0.00409. The molecule has 1 aliphatic rings. The van der Waals surface area contributed by atoms with Crippen LogP contribution in [0.4, 0.5) is 0 Å². The molecule has 0 saturated carbocycles. The van der Waals surface area contributed by atoms with Gasteiger partial charge >= 0.3 is 0 Å². The highest BCUT2D eigenvalue weighted by Crippen LogP contribution is 2.25. The first-order valence-electron chi connectivity index (χ1n) is 4.68. The number of aromatic nitrogens is 2. The molecule has 1 aromatic rings. The van der Waals surface area contributed by atoms with E-state index in [0.717, 1.165) is 5.56 Å². The molecule has 0 fully saturated rings. The van der Waals surface area contributed by atoms with Crippen molar-refractivity contribution in [3.63, 3.8) is 0 Å². The highest BCUT2D eigenvalue weighted by molar-refractivity contribution is 7.90. The van der Waals surface area contributed by atoms with Crippen molar-refractivity contribution in [1.82, 2.24) is 9.97 Å². The van der Waals surface area contributed by atoms with E-state index in [1.807, 2.05) is 0 Å². The normalized spacial score (nSPS) is 17.7. The van der Waals surface area contributed by atoms with Gasteiger partial charge in [0, 0.05) is 17.7 Å². The molecular formula is C9H12N2O3S. The van der Waals surface area contributed by atoms with Crippen LogP contribution in [0.1, 0.15) is 22.8 Å². The predicted octanol–water partition coefficient (Wildman–Crippen LogP) is -0.252. The lowest BCUT2D eigenvalue weighted by atomic mass is 10.2. The smallest absolute Gasteiger partial charge is 0.160 e. The molecule has 0 atom stereocenters. The number of aliphatic hydroxyl groups is 1. The Labute approximate surface area is 88.1 Å². The van der Waals surface area contributed by atoms with Crippen molar-refractivity contribution in [3.05, 3.63) is 22.8 Å². The molecule has 1 aromatic heterocycles. The second-order valence-electron chi connectivity index (χ2n) is 3.66. The highest BCUT2D eigenvalue weighted by Gasteiger charge is 2.28. The third-order valence-electron chi connectivity index (χ3n) is 2.40. The minimum Gasteiger partial charge on any atom is -0.396 e. The molecule has 0 spiro atoms. The zero-order valence-corrected chi connectivity index (χ0v) is 9.21. The van der Waals surface area contributed by atoms with E-state index < -0.39 is 9.84 Å². The molecule has 1 N–H and O–H groups in total. The number of nitrogens with zero attached hydrogens (tertiary/aromatic N) is 2. The molecule has 0 radical (unpaired) electrons. The third kappa shape index (κ3) is 2.00. The van der Waals surface area contributed by atoms with Crippen LogP contribution in [0.3, 0.4) is 0 Å². The van der Waals surface area contributed by atoms with Gasteiger partial charge in [-0.25, -0.2) is 18.4 Å². The van der Waals surface area contributed by atoms with Crippen molar-refractivity contribution in [2.45, 2.75) is 24.9 Å².